The smallest absolute Gasteiger partial charge is 0.272 e. The zero-order chi connectivity index (χ0) is 34.8. The molecule has 3 aliphatic rings. The highest BCUT2D eigenvalue weighted by Gasteiger charge is 2.46. The average molecular weight is 668 g/mol. The van der Waals surface area contributed by atoms with Crippen molar-refractivity contribution in [3.05, 3.63) is 24.3 Å². The van der Waals surface area contributed by atoms with Crippen molar-refractivity contribution in [1.29, 1.82) is 0 Å². The second-order valence-corrected chi connectivity index (χ2v) is 15.2. The van der Waals surface area contributed by atoms with Crippen molar-refractivity contribution in [2.75, 3.05) is 6.54 Å². The van der Waals surface area contributed by atoms with Crippen LogP contribution in [-0.4, -0.2) is 81.2 Å². The number of carbonyl (C=O) groups is 5. The average Bonchev–Trinajstić information content (AvgIpc) is 3.77. The summed E-state index contributed by atoms with van der Waals surface area (Å²) in [5.41, 5.74) is -0.567. The number of likely N-dealkylation sites (tertiary alicyclic amines) is 1. The Morgan fingerprint density at radius 2 is 1.67 bits per heavy atom. The Bertz CT molecular complexity index is 1260. The first kappa shape index (κ1) is 37.3. The van der Waals surface area contributed by atoms with E-state index in [1.807, 2.05) is 27.7 Å². The topological polar surface area (TPSA) is 162 Å². The normalized spacial score (nSPS) is 21.9. The van der Waals surface area contributed by atoms with E-state index in [-0.39, 0.29) is 53.8 Å². The molecule has 12 nitrogen and oxygen atoms in total. The van der Waals surface area contributed by atoms with E-state index in [1.165, 1.54) is 18.6 Å². The van der Waals surface area contributed by atoms with Gasteiger partial charge in [0.25, 0.3) is 5.91 Å². The molecular weight excluding hydrogens is 610 g/mol. The van der Waals surface area contributed by atoms with Gasteiger partial charge in [0, 0.05) is 37.4 Å². The van der Waals surface area contributed by atoms with Crippen LogP contribution >= 0.6 is 0 Å². The molecule has 0 bridgehead atoms. The fourth-order valence-corrected chi connectivity index (χ4v) is 7.18. The van der Waals surface area contributed by atoms with Gasteiger partial charge in [-0.1, -0.05) is 66.7 Å². The van der Waals surface area contributed by atoms with E-state index in [2.05, 4.69) is 38.2 Å². The number of nitrogens with one attached hydrogen (secondary N) is 4. The summed E-state index contributed by atoms with van der Waals surface area (Å²) in [5, 5.41) is 12.1. The lowest BCUT2D eigenvalue weighted by molar-refractivity contribution is -0.144. The summed E-state index contributed by atoms with van der Waals surface area (Å²) in [6.07, 6.45) is 14.8. The molecule has 4 rings (SSSR count). The Morgan fingerprint density at radius 3 is 2.27 bits per heavy atom. The fraction of sp³-hybridized carbons (Fsp3) is 0.750. The van der Waals surface area contributed by atoms with Crippen molar-refractivity contribution in [2.24, 2.45) is 17.3 Å². The minimum absolute atomic E-state index is 0.0612. The van der Waals surface area contributed by atoms with Gasteiger partial charge in [-0.2, -0.15) is 0 Å². The maximum atomic E-state index is 14.5. The van der Waals surface area contributed by atoms with E-state index in [9.17, 15) is 24.0 Å². The molecule has 1 aromatic rings. The first-order valence-electron chi connectivity index (χ1n) is 18.2. The lowest BCUT2D eigenvalue weighted by Gasteiger charge is -2.37. The molecule has 2 aliphatic carbocycles. The highest BCUT2D eigenvalue weighted by atomic mass is 16.2. The van der Waals surface area contributed by atoms with Crippen molar-refractivity contribution in [3.63, 3.8) is 0 Å². The number of carbonyl (C=O) groups excluding carboxylic acids is 5. The summed E-state index contributed by atoms with van der Waals surface area (Å²) in [6.45, 7) is 10.2. The number of hydrogen-bond donors (Lipinski definition) is 4. The number of hydrogen-bond acceptors (Lipinski definition) is 7. The van der Waals surface area contributed by atoms with Crippen LogP contribution in [0, 0.1) is 17.3 Å². The molecule has 5 atom stereocenters. The van der Waals surface area contributed by atoms with Gasteiger partial charge >= 0.3 is 0 Å². The molecular formula is C36H57N7O5. The lowest BCUT2D eigenvalue weighted by atomic mass is 9.82. The zero-order valence-electron chi connectivity index (χ0n) is 29.6. The molecule has 5 unspecified atom stereocenters. The Hall–Kier alpha value is -3.57. The van der Waals surface area contributed by atoms with Crippen LogP contribution in [0.2, 0.25) is 0 Å². The molecule has 1 aromatic heterocycles. The maximum Gasteiger partial charge on any atom is 0.272 e. The molecule has 48 heavy (non-hydrogen) atoms. The van der Waals surface area contributed by atoms with Gasteiger partial charge in [0.2, 0.25) is 23.6 Å². The van der Waals surface area contributed by atoms with Gasteiger partial charge in [0.05, 0.1) is 6.20 Å². The van der Waals surface area contributed by atoms with Crippen LogP contribution in [0.15, 0.2) is 18.6 Å². The summed E-state index contributed by atoms with van der Waals surface area (Å²) in [6, 6.07) is -2.56. The lowest BCUT2D eigenvalue weighted by Crippen LogP contribution is -2.61. The summed E-state index contributed by atoms with van der Waals surface area (Å²) < 4.78 is 0. The molecule has 0 aromatic carbocycles. The second kappa shape index (κ2) is 17.2. The summed E-state index contributed by atoms with van der Waals surface area (Å²) in [5.74, 6) is -1.46. The molecule has 5 amide bonds. The van der Waals surface area contributed by atoms with Gasteiger partial charge in [-0.3, -0.25) is 29.0 Å². The number of rotatable bonds is 15. The van der Waals surface area contributed by atoms with E-state index in [0.29, 0.717) is 19.4 Å². The zero-order valence-corrected chi connectivity index (χ0v) is 29.6. The van der Waals surface area contributed by atoms with E-state index in [0.717, 1.165) is 64.2 Å². The van der Waals surface area contributed by atoms with Crippen LogP contribution in [0.4, 0.5) is 0 Å². The molecule has 4 N–H and O–H groups in total. The monoisotopic (exact) mass is 667 g/mol. The summed E-state index contributed by atoms with van der Waals surface area (Å²) in [4.78, 5) is 78.0. The van der Waals surface area contributed by atoms with Crippen molar-refractivity contribution in [3.8, 4) is 0 Å². The van der Waals surface area contributed by atoms with Crippen molar-refractivity contribution >= 4 is 29.5 Å². The van der Waals surface area contributed by atoms with Crippen molar-refractivity contribution in [1.82, 2.24) is 36.1 Å². The molecule has 1 saturated heterocycles. The number of nitrogens with zero attached hydrogens (tertiary/aromatic N) is 3. The molecule has 2 heterocycles. The highest BCUT2D eigenvalue weighted by Crippen LogP contribution is 2.32. The van der Waals surface area contributed by atoms with Crippen LogP contribution in [0.25, 0.3) is 0 Å². The third kappa shape index (κ3) is 10.5. The predicted octanol–water partition coefficient (Wildman–Crippen LogP) is 3.66. The van der Waals surface area contributed by atoms with Gasteiger partial charge < -0.3 is 26.2 Å². The first-order chi connectivity index (χ1) is 22.9. The molecule has 1 aliphatic heterocycles. The standard InChI is InChI=1S/C36H57N7O5/c1-6-11-23-19-28(33(46)40-26(12-7-2)20-29(44)39-25-15-16-25)43(22-23)35(48)31(36(3,4)5)42-34(47)30(24-13-9-8-10-14-24)41-32(45)27-21-37-17-18-38-27/h17-18,21,23-26,28,30-31H,6-16,19-20,22H2,1-5H3,(H,39,44)(H,40,46)(H,41,45)(H,42,47). The fourth-order valence-electron chi connectivity index (χ4n) is 7.18. The highest BCUT2D eigenvalue weighted by molar-refractivity contribution is 5.98. The number of amides is 5. The predicted molar refractivity (Wildman–Crippen MR) is 182 cm³/mol. The van der Waals surface area contributed by atoms with Gasteiger partial charge in [-0.25, -0.2) is 4.98 Å². The molecule has 2 saturated carbocycles. The van der Waals surface area contributed by atoms with E-state index in [1.54, 1.807) is 4.90 Å². The van der Waals surface area contributed by atoms with Crippen molar-refractivity contribution in [2.45, 2.75) is 148 Å². The van der Waals surface area contributed by atoms with Crippen LogP contribution in [0.3, 0.4) is 0 Å². The molecule has 12 heteroatoms. The SMILES string of the molecule is CCCC1CC(C(=O)NC(CCC)CC(=O)NC2CC2)N(C(=O)C(NC(=O)C(NC(=O)c2cnccn2)C2CCCCC2)C(C)(C)C)C1. The van der Waals surface area contributed by atoms with Crippen molar-refractivity contribution < 1.29 is 24.0 Å². The Morgan fingerprint density at radius 1 is 0.938 bits per heavy atom. The van der Waals surface area contributed by atoms with E-state index >= 15 is 0 Å². The molecule has 3 fully saturated rings. The molecule has 0 radical (unpaired) electrons. The molecule has 266 valence electrons. The van der Waals surface area contributed by atoms with E-state index in [4.69, 9.17) is 0 Å². The van der Waals surface area contributed by atoms with E-state index < -0.39 is 35.4 Å². The number of aromatic nitrogens is 2. The van der Waals surface area contributed by atoms with Crippen LogP contribution in [0.1, 0.15) is 129 Å². The third-order valence-electron chi connectivity index (χ3n) is 9.91. The first-order valence-corrected chi connectivity index (χ1v) is 18.2. The summed E-state index contributed by atoms with van der Waals surface area (Å²) >= 11 is 0. The van der Waals surface area contributed by atoms with Gasteiger partial charge in [-0.15, -0.1) is 0 Å². The maximum absolute atomic E-state index is 14.5. The Kier molecular flexibility index (Phi) is 13.3. The minimum atomic E-state index is -0.934. The van der Waals surface area contributed by atoms with Gasteiger partial charge in [0.1, 0.15) is 23.8 Å². The minimum Gasteiger partial charge on any atom is -0.353 e. The second-order valence-electron chi connectivity index (χ2n) is 15.2. The van der Waals surface area contributed by atoms with Crippen LogP contribution in [0.5, 0.6) is 0 Å². The Balaban J connectivity index is 1.53. The largest absolute Gasteiger partial charge is 0.353 e. The summed E-state index contributed by atoms with van der Waals surface area (Å²) in [7, 11) is 0. The van der Waals surface area contributed by atoms with Gasteiger partial charge in [-0.05, 0) is 62.2 Å². The molecule has 0 spiro atoms. The Labute approximate surface area is 285 Å². The quantitative estimate of drug-likeness (QED) is 0.222. The van der Waals surface area contributed by atoms with Crippen LogP contribution in [-0.2, 0) is 19.2 Å². The van der Waals surface area contributed by atoms with Crippen LogP contribution < -0.4 is 21.3 Å². The van der Waals surface area contributed by atoms with Gasteiger partial charge in [0.15, 0.2) is 0 Å². The third-order valence-corrected chi connectivity index (χ3v) is 9.91.